The number of hydrogen-bond acceptors (Lipinski definition) is 4. The summed E-state index contributed by atoms with van der Waals surface area (Å²) in [6, 6.07) is 3.63. The molecule has 0 N–H and O–H groups in total. The highest BCUT2D eigenvalue weighted by Crippen LogP contribution is 2.16. The number of halogens is 2. The Labute approximate surface area is 138 Å². The largest absolute Gasteiger partial charge is 0.501 e. The second-order valence-corrected chi connectivity index (χ2v) is 4.81. The predicted octanol–water partition coefficient (Wildman–Crippen LogP) is 3.39. The molecule has 2 rings (SSSR count). The molecule has 0 radical (unpaired) electrons. The molecule has 0 aliphatic carbocycles. The fourth-order valence-corrected chi connectivity index (χ4v) is 2.06. The Hall–Kier alpha value is -2.70. The van der Waals surface area contributed by atoms with Crippen LogP contribution in [0.1, 0.15) is 35.5 Å². The number of hydrogen-bond donors (Lipinski definition) is 0. The van der Waals surface area contributed by atoms with Crippen LogP contribution in [0.3, 0.4) is 0 Å². The zero-order chi connectivity index (χ0) is 17.5. The average molecular weight is 336 g/mol. The summed E-state index contributed by atoms with van der Waals surface area (Å²) in [6.07, 6.45) is 4.48. The van der Waals surface area contributed by atoms with Crippen molar-refractivity contribution >= 4 is 12.0 Å². The van der Waals surface area contributed by atoms with E-state index in [1.807, 2.05) is 6.92 Å². The molecule has 0 unspecified atom stereocenters. The van der Waals surface area contributed by atoms with Crippen LogP contribution in [0.5, 0.6) is 0 Å². The Morgan fingerprint density at radius 1 is 1.25 bits per heavy atom. The van der Waals surface area contributed by atoms with Crippen molar-refractivity contribution in [3.63, 3.8) is 0 Å². The van der Waals surface area contributed by atoms with Gasteiger partial charge in [-0.1, -0.05) is 6.07 Å². The van der Waals surface area contributed by atoms with Gasteiger partial charge in [-0.2, -0.15) is 5.10 Å². The van der Waals surface area contributed by atoms with Crippen LogP contribution in [0.15, 0.2) is 30.7 Å². The van der Waals surface area contributed by atoms with Crippen LogP contribution in [0.2, 0.25) is 0 Å². The van der Waals surface area contributed by atoms with E-state index in [9.17, 15) is 13.6 Å². The molecule has 0 amide bonds. The smallest absolute Gasteiger partial charge is 0.359 e. The van der Waals surface area contributed by atoms with Gasteiger partial charge < -0.3 is 9.47 Å². The van der Waals surface area contributed by atoms with Crippen LogP contribution < -0.4 is 0 Å². The molecule has 0 fully saturated rings. The van der Waals surface area contributed by atoms with Crippen molar-refractivity contribution in [3.8, 4) is 0 Å². The van der Waals surface area contributed by atoms with Crippen LogP contribution >= 0.6 is 0 Å². The van der Waals surface area contributed by atoms with E-state index in [-0.39, 0.29) is 24.4 Å². The van der Waals surface area contributed by atoms with Gasteiger partial charge in [-0.05, 0) is 32.1 Å². The van der Waals surface area contributed by atoms with E-state index >= 15 is 0 Å². The van der Waals surface area contributed by atoms with Gasteiger partial charge in [-0.15, -0.1) is 0 Å². The van der Waals surface area contributed by atoms with Gasteiger partial charge in [0.25, 0.3) is 0 Å². The summed E-state index contributed by atoms with van der Waals surface area (Å²) in [6.45, 7) is 4.02. The van der Waals surface area contributed by atoms with Gasteiger partial charge in [0.2, 0.25) is 0 Å². The van der Waals surface area contributed by atoms with Crippen LogP contribution in [-0.4, -0.2) is 29.0 Å². The van der Waals surface area contributed by atoms with Crippen molar-refractivity contribution in [3.05, 3.63) is 59.1 Å². The number of ether oxygens (including phenoxy) is 2. The second-order valence-electron chi connectivity index (χ2n) is 4.81. The number of carbonyl (C=O) groups excluding carboxylic acids is 1. The molecular weight excluding hydrogens is 318 g/mol. The summed E-state index contributed by atoms with van der Waals surface area (Å²) in [7, 11) is 0. The summed E-state index contributed by atoms with van der Waals surface area (Å²) in [5.41, 5.74) is 0.374. The maximum absolute atomic E-state index is 13.8. The molecule has 128 valence electrons. The van der Waals surface area contributed by atoms with Gasteiger partial charge >= 0.3 is 5.97 Å². The molecule has 24 heavy (non-hydrogen) atoms. The Kier molecular flexibility index (Phi) is 6.06. The number of aromatic nitrogens is 2. The van der Waals surface area contributed by atoms with Crippen molar-refractivity contribution in [1.29, 1.82) is 0 Å². The monoisotopic (exact) mass is 336 g/mol. The highest BCUT2D eigenvalue weighted by atomic mass is 19.1. The normalized spacial score (nSPS) is 11.0. The lowest BCUT2D eigenvalue weighted by atomic mass is 10.2. The molecule has 1 aromatic carbocycles. The third kappa shape index (κ3) is 4.18. The first kappa shape index (κ1) is 17.7. The number of carbonyl (C=O) groups is 1. The fraction of sp³-hybridized carbons (Fsp3) is 0.294. The van der Waals surface area contributed by atoms with Crippen molar-refractivity contribution in [2.24, 2.45) is 0 Å². The molecule has 0 aliphatic rings. The molecule has 0 atom stereocenters. The summed E-state index contributed by atoms with van der Waals surface area (Å²) < 4.78 is 38.9. The van der Waals surface area contributed by atoms with Crippen LogP contribution in [0, 0.1) is 11.6 Å². The Balaban J connectivity index is 2.33. The third-order valence-electron chi connectivity index (χ3n) is 3.15. The van der Waals surface area contributed by atoms with Gasteiger partial charge in [0.1, 0.15) is 11.6 Å². The van der Waals surface area contributed by atoms with E-state index in [1.165, 1.54) is 35.3 Å². The molecule has 7 heteroatoms. The lowest BCUT2D eigenvalue weighted by Gasteiger charge is -2.04. The molecule has 1 heterocycles. The standard InChI is InChI=1S/C17H18F2N2O3/c1-3-23-9-8-12-10-21(20-16(12)17(22)24-4-2)11-13-14(18)6-5-7-15(13)19/h5-10H,3-4,11H2,1-2H3. The summed E-state index contributed by atoms with van der Waals surface area (Å²) in [4.78, 5) is 12.0. The molecule has 0 saturated carbocycles. The lowest BCUT2D eigenvalue weighted by molar-refractivity contribution is 0.0518. The summed E-state index contributed by atoms with van der Waals surface area (Å²) in [5.74, 6) is -1.95. The third-order valence-corrected chi connectivity index (χ3v) is 3.15. The van der Waals surface area contributed by atoms with Crippen molar-refractivity contribution in [2.75, 3.05) is 13.2 Å². The minimum atomic E-state index is -0.672. The quantitative estimate of drug-likeness (QED) is 0.574. The number of benzene rings is 1. The van der Waals surface area contributed by atoms with Crippen LogP contribution in [0.4, 0.5) is 8.78 Å². The highest BCUT2D eigenvalue weighted by Gasteiger charge is 2.18. The molecule has 0 bridgehead atoms. The van der Waals surface area contributed by atoms with E-state index in [0.717, 1.165) is 0 Å². The van der Waals surface area contributed by atoms with E-state index in [0.29, 0.717) is 12.2 Å². The first-order valence-electron chi connectivity index (χ1n) is 7.52. The summed E-state index contributed by atoms with van der Waals surface area (Å²) in [5, 5.41) is 4.09. The minimum Gasteiger partial charge on any atom is -0.501 e. The Morgan fingerprint density at radius 3 is 2.58 bits per heavy atom. The average Bonchev–Trinajstić information content (AvgIpc) is 2.95. The molecular formula is C17H18F2N2O3. The molecule has 0 spiro atoms. The maximum Gasteiger partial charge on any atom is 0.359 e. The first-order valence-corrected chi connectivity index (χ1v) is 7.52. The number of rotatable bonds is 7. The van der Waals surface area contributed by atoms with E-state index in [4.69, 9.17) is 9.47 Å². The summed E-state index contributed by atoms with van der Waals surface area (Å²) >= 11 is 0. The highest BCUT2D eigenvalue weighted by molar-refractivity contribution is 5.91. The zero-order valence-corrected chi connectivity index (χ0v) is 13.5. The van der Waals surface area contributed by atoms with Crippen LogP contribution in [0.25, 0.3) is 6.08 Å². The van der Waals surface area contributed by atoms with E-state index in [1.54, 1.807) is 13.0 Å². The zero-order valence-electron chi connectivity index (χ0n) is 13.5. The van der Waals surface area contributed by atoms with Crippen molar-refractivity contribution < 1.29 is 23.0 Å². The minimum absolute atomic E-state index is 0.0598. The predicted molar refractivity (Wildman–Crippen MR) is 84.3 cm³/mol. The molecule has 2 aromatic rings. The van der Waals surface area contributed by atoms with Crippen molar-refractivity contribution in [2.45, 2.75) is 20.4 Å². The SMILES string of the molecule is CCOC=Cc1cn(Cc2c(F)cccc2F)nc1C(=O)OCC. The topological polar surface area (TPSA) is 53.4 Å². The van der Waals surface area contributed by atoms with Crippen LogP contribution in [-0.2, 0) is 16.0 Å². The number of esters is 1. The first-order chi connectivity index (χ1) is 11.6. The fourth-order valence-electron chi connectivity index (χ4n) is 2.06. The lowest BCUT2D eigenvalue weighted by Crippen LogP contribution is -2.09. The maximum atomic E-state index is 13.8. The second kappa shape index (κ2) is 8.24. The molecule has 1 aromatic heterocycles. The van der Waals surface area contributed by atoms with E-state index < -0.39 is 17.6 Å². The molecule has 0 aliphatic heterocycles. The van der Waals surface area contributed by atoms with Gasteiger partial charge in [-0.25, -0.2) is 13.6 Å². The molecule has 5 nitrogen and oxygen atoms in total. The van der Waals surface area contributed by atoms with Gasteiger partial charge in [0, 0.05) is 17.3 Å². The molecule has 0 saturated heterocycles. The number of nitrogens with zero attached hydrogens (tertiary/aromatic N) is 2. The Morgan fingerprint density at radius 2 is 1.96 bits per heavy atom. The van der Waals surface area contributed by atoms with Gasteiger partial charge in [-0.3, -0.25) is 4.68 Å². The van der Waals surface area contributed by atoms with Gasteiger partial charge in [0.05, 0.1) is 26.0 Å². The Bertz CT molecular complexity index is 721. The van der Waals surface area contributed by atoms with E-state index in [2.05, 4.69) is 5.10 Å². The van der Waals surface area contributed by atoms with Crippen molar-refractivity contribution in [1.82, 2.24) is 9.78 Å². The van der Waals surface area contributed by atoms with Gasteiger partial charge in [0.15, 0.2) is 5.69 Å².